The summed E-state index contributed by atoms with van der Waals surface area (Å²) in [7, 11) is 0. The number of hydrogen-bond donors (Lipinski definition) is 2. The molecule has 0 aromatic heterocycles. The van der Waals surface area contributed by atoms with E-state index in [0.29, 0.717) is 13.0 Å². The molecule has 0 radical (unpaired) electrons. The van der Waals surface area contributed by atoms with Crippen LogP contribution in [0.4, 0.5) is 0 Å². The van der Waals surface area contributed by atoms with Gasteiger partial charge < -0.3 is 15.3 Å². The third-order valence-electron chi connectivity index (χ3n) is 4.06. The molecule has 0 aromatic carbocycles. The van der Waals surface area contributed by atoms with Gasteiger partial charge in [0.2, 0.25) is 5.91 Å². The van der Waals surface area contributed by atoms with Gasteiger partial charge in [0.05, 0.1) is 5.54 Å². The molecule has 1 amide bonds. The molecular weight excluding hydrogens is 220 g/mol. The Kier molecular flexibility index (Phi) is 3.38. The van der Waals surface area contributed by atoms with E-state index in [1.807, 2.05) is 6.92 Å². The summed E-state index contributed by atoms with van der Waals surface area (Å²) in [6.07, 6.45) is 3.92. The van der Waals surface area contributed by atoms with Gasteiger partial charge in [0, 0.05) is 6.54 Å². The predicted octanol–water partition coefficient (Wildman–Crippen LogP) is 0.594. The molecule has 0 saturated carbocycles. The molecule has 0 aromatic rings. The molecule has 0 spiro atoms. The van der Waals surface area contributed by atoms with E-state index in [1.165, 1.54) is 0 Å². The molecule has 1 unspecified atom stereocenters. The molecule has 2 saturated heterocycles. The summed E-state index contributed by atoms with van der Waals surface area (Å²) >= 11 is 0. The maximum absolute atomic E-state index is 12.5. The largest absolute Gasteiger partial charge is 0.480 e. The number of amides is 1. The standard InChI is InChI=1S/C12H20N2O3/c1-2-12(6-4-7-13-12)11(17)14-8-3-5-9(14)10(15)16/h9,13H,2-8H2,1H3,(H,15,16)/t9-,12?/m0/s1. The molecule has 17 heavy (non-hydrogen) atoms. The van der Waals surface area contributed by atoms with Crippen molar-refractivity contribution in [2.75, 3.05) is 13.1 Å². The van der Waals surface area contributed by atoms with E-state index in [0.717, 1.165) is 32.2 Å². The molecular formula is C12H20N2O3. The van der Waals surface area contributed by atoms with Crippen molar-refractivity contribution in [1.29, 1.82) is 0 Å². The number of carbonyl (C=O) groups excluding carboxylic acids is 1. The fourth-order valence-corrected chi connectivity index (χ4v) is 2.98. The van der Waals surface area contributed by atoms with Crippen molar-refractivity contribution >= 4 is 11.9 Å². The average molecular weight is 240 g/mol. The Morgan fingerprint density at radius 3 is 2.76 bits per heavy atom. The SMILES string of the molecule is CCC1(C(=O)N2CCC[C@H]2C(=O)O)CCCN1. The molecule has 2 heterocycles. The highest BCUT2D eigenvalue weighted by Crippen LogP contribution is 2.29. The summed E-state index contributed by atoms with van der Waals surface area (Å²) < 4.78 is 0. The second-order valence-corrected chi connectivity index (χ2v) is 4.96. The van der Waals surface area contributed by atoms with E-state index in [4.69, 9.17) is 5.11 Å². The lowest BCUT2D eigenvalue weighted by atomic mass is 9.92. The van der Waals surface area contributed by atoms with E-state index >= 15 is 0 Å². The van der Waals surface area contributed by atoms with Gasteiger partial charge in [-0.1, -0.05) is 6.92 Å². The Morgan fingerprint density at radius 2 is 2.24 bits per heavy atom. The minimum absolute atomic E-state index is 0.0117. The molecule has 2 fully saturated rings. The quantitative estimate of drug-likeness (QED) is 0.757. The van der Waals surface area contributed by atoms with Crippen LogP contribution in [0.2, 0.25) is 0 Å². The number of nitrogens with one attached hydrogen (secondary N) is 1. The first kappa shape index (κ1) is 12.4. The van der Waals surface area contributed by atoms with Crippen LogP contribution < -0.4 is 5.32 Å². The van der Waals surface area contributed by atoms with Gasteiger partial charge in [0.15, 0.2) is 0 Å². The lowest BCUT2D eigenvalue weighted by Crippen LogP contribution is -2.56. The third kappa shape index (κ3) is 2.04. The van der Waals surface area contributed by atoms with Gasteiger partial charge >= 0.3 is 5.97 Å². The summed E-state index contributed by atoms with van der Waals surface area (Å²) in [4.78, 5) is 25.2. The Bertz CT molecular complexity index is 324. The van der Waals surface area contributed by atoms with Crippen molar-refractivity contribution in [3.63, 3.8) is 0 Å². The molecule has 2 aliphatic rings. The molecule has 2 aliphatic heterocycles. The smallest absolute Gasteiger partial charge is 0.326 e. The van der Waals surface area contributed by atoms with E-state index in [-0.39, 0.29) is 5.91 Å². The van der Waals surface area contributed by atoms with Crippen LogP contribution in [-0.4, -0.2) is 46.6 Å². The van der Waals surface area contributed by atoms with Gasteiger partial charge in [0.25, 0.3) is 0 Å². The van der Waals surface area contributed by atoms with Crippen molar-refractivity contribution in [1.82, 2.24) is 10.2 Å². The maximum Gasteiger partial charge on any atom is 0.326 e. The zero-order chi connectivity index (χ0) is 12.5. The third-order valence-corrected chi connectivity index (χ3v) is 4.06. The summed E-state index contributed by atoms with van der Waals surface area (Å²) in [6, 6.07) is -0.617. The average Bonchev–Trinajstić information content (AvgIpc) is 2.98. The Labute approximate surface area is 101 Å². The van der Waals surface area contributed by atoms with Crippen LogP contribution in [0.25, 0.3) is 0 Å². The number of hydrogen-bond acceptors (Lipinski definition) is 3. The first-order valence-electron chi connectivity index (χ1n) is 6.39. The van der Waals surface area contributed by atoms with Gasteiger partial charge in [-0.25, -0.2) is 4.79 Å². The summed E-state index contributed by atoms with van der Waals surface area (Å²) in [5, 5.41) is 12.4. The second-order valence-electron chi connectivity index (χ2n) is 4.96. The van der Waals surface area contributed by atoms with Gasteiger partial charge in [-0.3, -0.25) is 4.79 Å². The number of aliphatic carboxylic acids is 1. The lowest BCUT2D eigenvalue weighted by molar-refractivity contribution is -0.151. The highest BCUT2D eigenvalue weighted by Gasteiger charge is 2.46. The number of carboxylic acids is 1. The van der Waals surface area contributed by atoms with Crippen LogP contribution in [0, 0.1) is 0 Å². The Hall–Kier alpha value is -1.10. The second kappa shape index (κ2) is 4.64. The topological polar surface area (TPSA) is 69.6 Å². The Balaban J connectivity index is 2.15. The van der Waals surface area contributed by atoms with Crippen LogP contribution in [0.15, 0.2) is 0 Å². The van der Waals surface area contributed by atoms with E-state index < -0.39 is 17.6 Å². The minimum atomic E-state index is -0.875. The van der Waals surface area contributed by atoms with E-state index in [9.17, 15) is 9.59 Å². The number of likely N-dealkylation sites (tertiary alicyclic amines) is 1. The molecule has 96 valence electrons. The van der Waals surface area contributed by atoms with Crippen molar-refractivity contribution in [2.45, 2.75) is 50.6 Å². The van der Waals surface area contributed by atoms with Crippen LogP contribution in [0.5, 0.6) is 0 Å². The monoisotopic (exact) mass is 240 g/mol. The highest BCUT2D eigenvalue weighted by atomic mass is 16.4. The fraction of sp³-hybridized carbons (Fsp3) is 0.833. The predicted molar refractivity (Wildman–Crippen MR) is 62.6 cm³/mol. The molecule has 2 rings (SSSR count). The van der Waals surface area contributed by atoms with Crippen LogP contribution >= 0.6 is 0 Å². The molecule has 5 nitrogen and oxygen atoms in total. The number of rotatable bonds is 3. The van der Waals surface area contributed by atoms with Crippen molar-refractivity contribution in [2.24, 2.45) is 0 Å². The summed E-state index contributed by atoms with van der Waals surface area (Å²) in [5.74, 6) is -0.887. The zero-order valence-corrected chi connectivity index (χ0v) is 10.2. The van der Waals surface area contributed by atoms with Crippen LogP contribution in [-0.2, 0) is 9.59 Å². The van der Waals surface area contributed by atoms with Gasteiger partial charge in [-0.05, 0) is 38.6 Å². The van der Waals surface area contributed by atoms with Crippen LogP contribution in [0.1, 0.15) is 39.0 Å². The number of carbonyl (C=O) groups is 2. The Morgan fingerprint density at radius 1 is 1.47 bits per heavy atom. The van der Waals surface area contributed by atoms with Crippen molar-refractivity contribution in [3.05, 3.63) is 0 Å². The van der Waals surface area contributed by atoms with Gasteiger partial charge in [-0.15, -0.1) is 0 Å². The minimum Gasteiger partial charge on any atom is -0.480 e. The molecule has 0 bridgehead atoms. The number of nitrogens with zero attached hydrogens (tertiary/aromatic N) is 1. The fourth-order valence-electron chi connectivity index (χ4n) is 2.98. The van der Waals surface area contributed by atoms with Gasteiger partial charge in [-0.2, -0.15) is 0 Å². The van der Waals surface area contributed by atoms with Crippen molar-refractivity contribution in [3.8, 4) is 0 Å². The zero-order valence-electron chi connectivity index (χ0n) is 10.2. The lowest BCUT2D eigenvalue weighted by Gasteiger charge is -2.33. The normalized spacial score (nSPS) is 33.0. The highest BCUT2D eigenvalue weighted by molar-refractivity contribution is 5.91. The van der Waals surface area contributed by atoms with E-state index in [2.05, 4.69) is 5.32 Å². The molecule has 2 N–H and O–H groups in total. The van der Waals surface area contributed by atoms with E-state index in [1.54, 1.807) is 4.90 Å². The summed E-state index contributed by atoms with van der Waals surface area (Å²) in [6.45, 7) is 3.42. The molecule has 0 aliphatic carbocycles. The maximum atomic E-state index is 12.5. The van der Waals surface area contributed by atoms with Crippen molar-refractivity contribution < 1.29 is 14.7 Å². The van der Waals surface area contributed by atoms with Gasteiger partial charge in [0.1, 0.15) is 6.04 Å². The first-order chi connectivity index (χ1) is 8.10. The first-order valence-corrected chi connectivity index (χ1v) is 6.39. The molecule has 5 heteroatoms. The molecule has 2 atom stereocenters. The van der Waals surface area contributed by atoms with Crippen LogP contribution in [0.3, 0.4) is 0 Å². The summed E-state index contributed by atoms with van der Waals surface area (Å²) in [5.41, 5.74) is -0.502. The number of carboxylic acid groups (broad SMARTS) is 1.